The highest BCUT2D eigenvalue weighted by molar-refractivity contribution is 9.10. The first-order valence-electron chi connectivity index (χ1n) is 7.44. The van der Waals surface area contributed by atoms with E-state index in [4.69, 9.17) is 4.74 Å². The molecule has 0 aliphatic heterocycles. The standard InChI is InChI=1S/C18H22BrNO/c1-3-17(20-4-2)16-10-5-6-11-18(16)21-13-14-8-7-9-15(19)12-14/h5-12,17,20H,3-4,13H2,1-2H3. The molecule has 0 bridgehead atoms. The van der Waals surface area contributed by atoms with Crippen molar-refractivity contribution in [2.75, 3.05) is 6.54 Å². The molecule has 21 heavy (non-hydrogen) atoms. The lowest BCUT2D eigenvalue weighted by Crippen LogP contribution is -2.20. The van der Waals surface area contributed by atoms with Crippen molar-refractivity contribution in [3.63, 3.8) is 0 Å². The Balaban J connectivity index is 2.12. The van der Waals surface area contributed by atoms with Crippen LogP contribution in [0.3, 0.4) is 0 Å². The number of rotatable bonds is 7. The molecule has 0 amide bonds. The highest BCUT2D eigenvalue weighted by Gasteiger charge is 2.13. The first kappa shape index (κ1) is 16.1. The first-order valence-corrected chi connectivity index (χ1v) is 8.23. The lowest BCUT2D eigenvalue weighted by Gasteiger charge is -2.20. The van der Waals surface area contributed by atoms with Crippen LogP contribution >= 0.6 is 15.9 Å². The summed E-state index contributed by atoms with van der Waals surface area (Å²) in [4.78, 5) is 0. The molecule has 3 heteroatoms. The van der Waals surface area contributed by atoms with Crippen molar-refractivity contribution in [3.05, 3.63) is 64.1 Å². The van der Waals surface area contributed by atoms with E-state index in [2.05, 4.69) is 59.4 Å². The average molecular weight is 348 g/mol. The van der Waals surface area contributed by atoms with Crippen molar-refractivity contribution < 1.29 is 4.74 Å². The van der Waals surface area contributed by atoms with E-state index in [0.29, 0.717) is 12.6 Å². The van der Waals surface area contributed by atoms with Gasteiger partial charge in [0.2, 0.25) is 0 Å². The molecule has 2 aromatic carbocycles. The summed E-state index contributed by atoms with van der Waals surface area (Å²) in [6.07, 6.45) is 1.05. The van der Waals surface area contributed by atoms with E-state index in [1.807, 2.05) is 24.3 Å². The summed E-state index contributed by atoms with van der Waals surface area (Å²) < 4.78 is 7.13. The van der Waals surface area contributed by atoms with E-state index in [1.54, 1.807) is 0 Å². The maximum atomic E-state index is 6.05. The van der Waals surface area contributed by atoms with Crippen LogP contribution in [0.1, 0.15) is 37.4 Å². The predicted molar refractivity (Wildman–Crippen MR) is 91.6 cm³/mol. The van der Waals surface area contributed by atoms with E-state index < -0.39 is 0 Å². The monoisotopic (exact) mass is 347 g/mol. The molecule has 2 aromatic rings. The lowest BCUT2D eigenvalue weighted by atomic mass is 10.0. The summed E-state index contributed by atoms with van der Waals surface area (Å²) in [5, 5.41) is 3.51. The molecule has 1 N–H and O–H groups in total. The van der Waals surface area contributed by atoms with E-state index in [0.717, 1.165) is 28.8 Å². The van der Waals surface area contributed by atoms with Crippen LogP contribution in [0.2, 0.25) is 0 Å². The van der Waals surface area contributed by atoms with Crippen LogP contribution in [0.15, 0.2) is 53.0 Å². The summed E-state index contributed by atoms with van der Waals surface area (Å²) in [6, 6.07) is 16.9. The molecule has 0 heterocycles. The molecule has 0 aliphatic carbocycles. The van der Waals surface area contributed by atoms with Gasteiger partial charge >= 0.3 is 0 Å². The SMILES string of the molecule is CCNC(CC)c1ccccc1OCc1cccc(Br)c1. The predicted octanol–water partition coefficient (Wildman–Crippen LogP) is 5.09. The van der Waals surface area contributed by atoms with Gasteiger partial charge in [0.25, 0.3) is 0 Å². The Morgan fingerprint density at radius 2 is 1.90 bits per heavy atom. The molecule has 0 spiro atoms. The molecule has 2 rings (SSSR count). The number of hydrogen-bond acceptors (Lipinski definition) is 2. The zero-order chi connectivity index (χ0) is 15.1. The van der Waals surface area contributed by atoms with Crippen LogP contribution in [0.5, 0.6) is 5.75 Å². The Morgan fingerprint density at radius 1 is 1.10 bits per heavy atom. The highest BCUT2D eigenvalue weighted by atomic mass is 79.9. The summed E-state index contributed by atoms with van der Waals surface area (Å²) >= 11 is 3.49. The summed E-state index contributed by atoms with van der Waals surface area (Å²) in [6.45, 7) is 5.86. The molecule has 0 radical (unpaired) electrons. The number of para-hydroxylation sites is 1. The van der Waals surface area contributed by atoms with Gasteiger partial charge in [-0.3, -0.25) is 0 Å². The van der Waals surface area contributed by atoms with Gasteiger partial charge in [-0.2, -0.15) is 0 Å². The van der Waals surface area contributed by atoms with E-state index >= 15 is 0 Å². The number of benzene rings is 2. The zero-order valence-corrected chi connectivity index (χ0v) is 14.2. The maximum Gasteiger partial charge on any atom is 0.124 e. The fourth-order valence-corrected chi connectivity index (χ4v) is 2.85. The van der Waals surface area contributed by atoms with Gasteiger partial charge in [0.1, 0.15) is 12.4 Å². The molecule has 0 aliphatic rings. The van der Waals surface area contributed by atoms with Crippen molar-refractivity contribution in [2.24, 2.45) is 0 Å². The van der Waals surface area contributed by atoms with E-state index in [-0.39, 0.29) is 0 Å². The third kappa shape index (κ3) is 4.58. The number of nitrogens with one attached hydrogen (secondary N) is 1. The van der Waals surface area contributed by atoms with Crippen LogP contribution in [-0.4, -0.2) is 6.54 Å². The molecule has 2 nitrogen and oxygen atoms in total. The largest absolute Gasteiger partial charge is 0.489 e. The maximum absolute atomic E-state index is 6.05. The van der Waals surface area contributed by atoms with Gasteiger partial charge in [-0.15, -0.1) is 0 Å². The molecular formula is C18H22BrNO. The van der Waals surface area contributed by atoms with Gasteiger partial charge in [-0.05, 0) is 36.7 Å². The first-order chi connectivity index (χ1) is 10.2. The van der Waals surface area contributed by atoms with Crippen LogP contribution in [0.25, 0.3) is 0 Å². The molecule has 0 saturated carbocycles. The summed E-state index contributed by atoms with van der Waals surface area (Å²) in [7, 11) is 0. The average Bonchev–Trinajstić information content (AvgIpc) is 2.51. The lowest BCUT2D eigenvalue weighted by molar-refractivity contribution is 0.298. The Morgan fingerprint density at radius 3 is 2.62 bits per heavy atom. The second kappa shape index (κ2) is 8.20. The number of hydrogen-bond donors (Lipinski definition) is 1. The van der Waals surface area contributed by atoms with Gasteiger partial charge in [-0.25, -0.2) is 0 Å². The normalized spacial score (nSPS) is 12.1. The Kier molecular flexibility index (Phi) is 6.27. The third-order valence-corrected chi connectivity index (χ3v) is 3.93. The molecule has 1 atom stereocenters. The van der Waals surface area contributed by atoms with Crippen LogP contribution in [-0.2, 0) is 6.61 Å². The molecule has 1 unspecified atom stereocenters. The minimum atomic E-state index is 0.341. The van der Waals surface area contributed by atoms with Crippen LogP contribution in [0.4, 0.5) is 0 Å². The molecule has 112 valence electrons. The van der Waals surface area contributed by atoms with Crippen molar-refractivity contribution in [1.29, 1.82) is 0 Å². The van der Waals surface area contributed by atoms with Gasteiger partial charge in [0.15, 0.2) is 0 Å². The molecule has 0 fully saturated rings. The van der Waals surface area contributed by atoms with Gasteiger partial charge < -0.3 is 10.1 Å². The van der Waals surface area contributed by atoms with Crippen LogP contribution < -0.4 is 10.1 Å². The fraction of sp³-hybridized carbons (Fsp3) is 0.333. The van der Waals surface area contributed by atoms with E-state index in [9.17, 15) is 0 Å². The Hall–Kier alpha value is -1.32. The number of ether oxygens (including phenoxy) is 1. The third-order valence-electron chi connectivity index (χ3n) is 3.44. The minimum Gasteiger partial charge on any atom is -0.489 e. The smallest absolute Gasteiger partial charge is 0.124 e. The van der Waals surface area contributed by atoms with Crippen molar-refractivity contribution >= 4 is 15.9 Å². The zero-order valence-electron chi connectivity index (χ0n) is 12.6. The number of halogens is 1. The Labute approximate surface area is 135 Å². The highest BCUT2D eigenvalue weighted by Crippen LogP contribution is 2.28. The second-order valence-electron chi connectivity index (χ2n) is 4.97. The second-order valence-corrected chi connectivity index (χ2v) is 5.89. The topological polar surface area (TPSA) is 21.3 Å². The van der Waals surface area contributed by atoms with Gasteiger partial charge in [0, 0.05) is 16.1 Å². The minimum absolute atomic E-state index is 0.341. The quantitative estimate of drug-likeness (QED) is 0.753. The van der Waals surface area contributed by atoms with Crippen molar-refractivity contribution in [3.8, 4) is 5.75 Å². The van der Waals surface area contributed by atoms with Gasteiger partial charge in [-0.1, -0.05) is 60.1 Å². The molecule has 0 saturated heterocycles. The summed E-state index contributed by atoms with van der Waals surface area (Å²) in [5.41, 5.74) is 2.40. The fourth-order valence-electron chi connectivity index (χ4n) is 2.41. The molecular weight excluding hydrogens is 326 g/mol. The Bertz CT molecular complexity index is 571. The van der Waals surface area contributed by atoms with E-state index in [1.165, 1.54) is 5.56 Å². The summed E-state index contributed by atoms with van der Waals surface area (Å²) in [5.74, 6) is 0.963. The van der Waals surface area contributed by atoms with Gasteiger partial charge in [0.05, 0.1) is 0 Å². The molecule has 0 aromatic heterocycles. The van der Waals surface area contributed by atoms with Crippen LogP contribution in [0, 0.1) is 0 Å². The van der Waals surface area contributed by atoms with Crippen molar-refractivity contribution in [1.82, 2.24) is 5.32 Å². The van der Waals surface area contributed by atoms with Crippen molar-refractivity contribution in [2.45, 2.75) is 32.9 Å².